The fourth-order valence-electron chi connectivity index (χ4n) is 1.32. The van der Waals surface area contributed by atoms with E-state index in [-0.39, 0.29) is 0 Å². The monoisotopic (exact) mass is 207 g/mol. The molecular formula is C10H13N3O2. The molecule has 0 aliphatic carbocycles. The Morgan fingerprint density at radius 1 is 1.40 bits per heavy atom. The molecule has 0 spiro atoms. The van der Waals surface area contributed by atoms with Crippen molar-refractivity contribution in [1.82, 2.24) is 10.2 Å². The molecule has 2 heterocycles. The maximum absolute atomic E-state index is 5.47. The van der Waals surface area contributed by atoms with E-state index in [0.29, 0.717) is 18.3 Å². The zero-order valence-electron chi connectivity index (χ0n) is 8.56. The molecule has 0 unspecified atom stereocenters. The largest absolute Gasteiger partial charge is 0.469 e. The highest BCUT2D eigenvalue weighted by atomic mass is 16.4. The molecule has 0 saturated carbocycles. The summed E-state index contributed by atoms with van der Waals surface area (Å²) in [5, 5.41) is 7.89. The summed E-state index contributed by atoms with van der Waals surface area (Å²) in [5.74, 6) is 1.91. The molecule has 0 aromatic carbocycles. The topological polar surface area (TPSA) is 78.1 Å². The van der Waals surface area contributed by atoms with Gasteiger partial charge in [0.1, 0.15) is 5.76 Å². The maximum Gasteiger partial charge on any atom is 0.251 e. The van der Waals surface area contributed by atoms with Crippen LogP contribution in [0.5, 0.6) is 0 Å². The highest BCUT2D eigenvalue weighted by molar-refractivity contribution is 5.54. The molecule has 80 valence electrons. The van der Waals surface area contributed by atoms with E-state index in [1.807, 2.05) is 13.0 Å². The van der Waals surface area contributed by atoms with Crippen molar-refractivity contribution in [2.45, 2.75) is 19.8 Å². The minimum Gasteiger partial charge on any atom is -0.469 e. The van der Waals surface area contributed by atoms with E-state index in [4.69, 9.17) is 14.6 Å². The Kier molecular flexibility index (Phi) is 2.82. The number of hydrogen-bond donors (Lipinski definition) is 1. The molecule has 0 aliphatic rings. The van der Waals surface area contributed by atoms with Gasteiger partial charge >= 0.3 is 0 Å². The zero-order valence-corrected chi connectivity index (χ0v) is 8.56. The minimum atomic E-state index is 0.508. The SMILES string of the molecule is Cc1occc1-c1nnc(CCCN)o1. The number of nitrogens with two attached hydrogens (primary N) is 1. The Labute approximate surface area is 87.3 Å². The van der Waals surface area contributed by atoms with Crippen LogP contribution in [0.1, 0.15) is 18.1 Å². The number of rotatable bonds is 4. The highest BCUT2D eigenvalue weighted by Gasteiger charge is 2.12. The number of hydrogen-bond acceptors (Lipinski definition) is 5. The van der Waals surface area contributed by atoms with Crippen LogP contribution in [0.3, 0.4) is 0 Å². The Bertz CT molecular complexity index is 433. The Hall–Kier alpha value is -1.62. The summed E-state index contributed by atoms with van der Waals surface area (Å²) >= 11 is 0. The molecule has 0 aliphatic heterocycles. The van der Waals surface area contributed by atoms with Crippen LogP contribution in [0.4, 0.5) is 0 Å². The molecule has 2 rings (SSSR count). The van der Waals surface area contributed by atoms with Gasteiger partial charge in [-0.3, -0.25) is 0 Å². The van der Waals surface area contributed by atoms with Gasteiger partial charge in [-0.05, 0) is 26.0 Å². The molecule has 0 fully saturated rings. The van der Waals surface area contributed by atoms with E-state index >= 15 is 0 Å². The first-order chi connectivity index (χ1) is 7.31. The van der Waals surface area contributed by atoms with Gasteiger partial charge in [0.05, 0.1) is 11.8 Å². The van der Waals surface area contributed by atoms with Crippen molar-refractivity contribution in [3.63, 3.8) is 0 Å². The number of nitrogens with zero attached hydrogens (tertiary/aromatic N) is 2. The van der Waals surface area contributed by atoms with Crippen LogP contribution in [-0.4, -0.2) is 16.7 Å². The third-order valence-electron chi connectivity index (χ3n) is 2.15. The molecule has 5 nitrogen and oxygen atoms in total. The quantitative estimate of drug-likeness (QED) is 0.822. The summed E-state index contributed by atoms with van der Waals surface area (Å²) in [4.78, 5) is 0. The Balaban J connectivity index is 2.17. The van der Waals surface area contributed by atoms with Gasteiger partial charge in [-0.2, -0.15) is 0 Å². The summed E-state index contributed by atoms with van der Waals surface area (Å²) in [5.41, 5.74) is 6.25. The van der Waals surface area contributed by atoms with Crippen LogP contribution in [0.2, 0.25) is 0 Å². The minimum absolute atomic E-state index is 0.508. The smallest absolute Gasteiger partial charge is 0.251 e. The van der Waals surface area contributed by atoms with E-state index in [9.17, 15) is 0 Å². The van der Waals surface area contributed by atoms with Crippen LogP contribution >= 0.6 is 0 Å². The van der Waals surface area contributed by atoms with Gasteiger partial charge in [0, 0.05) is 6.42 Å². The normalized spacial score (nSPS) is 10.8. The van der Waals surface area contributed by atoms with E-state index in [0.717, 1.165) is 24.2 Å². The molecule has 0 bridgehead atoms. The maximum atomic E-state index is 5.47. The lowest BCUT2D eigenvalue weighted by atomic mass is 10.3. The summed E-state index contributed by atoms with van der Waals surface area (Å²) < 4.78 is 10.6. The first kappa shape index (κ1) is 9.92. The lowest BCUT2D eigenvalue weighted by molar-refractivity contribution is 0.494. The lowest BCUT2D eigenvalue weighted by Crippen LogP contribution is -2.00. The third-order valence-corrected chi connectivity index (χ3v) is 2.15. The van der Waals surface area contributed by atoms with Gasteiger partial charge in [0.15, 0.2) is 0 Å². The predicted molar refractivity (Wildman–Crippen MR) is 54.1 cm³/mol. The molecule has 2 aromatic rings. The summed E-state index contributed by atoms with van der Waals surface area (Å²) in [6.07, 6.45) is 3.18. The number of aryl methyl sites for hydroxylation is 2. The van der Waals surface area contributed by atoms with Crippen molar-refractivity contribution in [3.05, 3.63) is 24.0 Å². The second kappa shape index (κ2) is 4.27. The second-order valence-electron chi connectivity index (χ2n) is 3.28. The molecule has 5 heteroatoms. The van der Waals surface area contributed by atoms with Gasteiger partial charge in [-0.15, -0.1) is 10.2 Å². The van der Waals surface area contributed by atoms with E-state index < -0.39 is 0 Å². The summed E-state index contributed by atoms with van der Waals surface area (Å²) in [6, 6.07) is 1.82. The second-order valence-corrected chi connectivity index (χ2v) is 3.28. The Morgan fingerprint density at radius 2 is 2.27 bits per heavy atom. The number of aromatic nitrogens is 2. The third kappa shape index (κ3) is 2.07. The molecule has 0 saturated heterocycles. The molecule has 15 heavy (non-hydrogen) atoms. The van der Waals surface area contributed by atoms with E-state index in [2.05, 4.69) is 10.2 Å². The first-order valence-corrected chi connectivity index (χ1v) is 4.88. The fourth-order valence-corrected chi connectivity index (χ4v) is 1.32. The van der Waals surface area contributed by atoms with Crippen LogP contribution in [-0.2, 0) is 6.42 Å². The van der Waals surface area contributed by atoms with Crippen molar-refractivity contribution in [3.8, 4) is 11.5 Å². The molecule has 0 radical (unpaired) electrons. The van der Waals surface area contributed by atoms with Crippen molar-refractivity contribution in [2.24, 2.45) is 5.73 Å². The van der Waals surface area contributed by atoms with E-state index in [1.54, 1.807) is 6.26 Å². The van der Waals surface area contributed by atoms with Crippen molar-refractivity contribution >= 4 is 0 Å². The molecular weight excluding hydrogens is 194 g/mol. The average Bonchev–Trinajstić information content (AvgIpc) is 2.83. The van der Waals surface area contributed by atoms with Crippen molar-refractivity contribution in [1.29, 1.82) is 0 Å². The van der Waals surface area contributed by atoms with Crippen molar-refractivity contribution < 1.29 is 8.83 Å². The van der Waals surface area contributed by atoms with Crippen LogP contribution in [0.15, 0.2) is 21.2 Å². The lowest BCUT2D eigenvalue weighted by Gasteiger charge is -1.91. The van der Waals surface area contributed by atoms with Crippen LogP contribution in [0.25, 0.3) is 11.5 Å². The number of furan rings is 1. The fraction of sp³-hybridized carbons (Fsp3) is 0.400. The standard InChI is InChI=1S/C10H13N3O2/c1-7-8(4-6-14-7)10-13-12-9(15-10)3-2-5-11/h4,6H,2-3,5,11H2,1H3. The summed E-state index contributed by atoms with van der Waals surface area (Å²) in [6.45, 7) is 2.49. The molecule has 0 amide bonds. The summed E-state index contributed by atoms with van der Waals surface area (Å²) in [7, 11) is 0. The van der Waals surface area contributed by atoms with Gasteiger partial charge in [-0.25, -0.2) is 0 Å². The van der Waals surface area contributed by atoms with Gasteiger partial charge in [0.2, 0.25) is 5.89 Å². The van der Waals surface area contributed by atoms with Gasteiger partial charge < -0.3 is 14.6 Å². The molecule has 0 atom stereocenters. The van der Waals surface area contributed by atoms with E-state index in [1.165, 1.54) is 0 Å². The first-order valence-electron chi connectivity index (χ1n) is 4.88. The highest BCUT2D eigenvalue weighted by Crippen LogP contribution is 2.22. The van der Waals surface area contributed by atoms with Gasteiger partial charge in [-0.1, -0.05) is 0 Å². The van der Waals surface area contributed by atoms with Crippen LogP contribution in [0, 0.1) is 6.92 Å². The predicted octanol–water partition coefficient (Wildman–Crippen LogP) is 1.53. The van der Waals surface area contributed by atoms with Gasteiger partial charge in [0.25, 0.3) is 5.89 Å². The van der Waals surface area contributed by atoms with Crippen LogP contribution < -0.4 is 5.73 Å². The zero-order chi connectivity index (χ0) is 10.7. The molecule has 2 aromatic heterocycles. The average molecular weight is 207 g/mol. The van der Waals surface area contributed by atoms with Crippen molar-refractivity contribution in [2.75, 3.05) is 6.54 Å². The Morgan fingerprint density at radius 3 is 2.93 bits per heavy atom. The molecule has 2 N–H and O–H groups in total.